The number of benzene rings is 1. The van der Waals surface area contributed by atoms with Crippen LogP contribution in [0.15, 0.2) is 12.1 Å². The first-order valence-electron chi connectivity index (χ1n) is 6.61. The normalized spacial score (nSPS) is 16.1. The quantitative estimate of drug-likeness (QED) is 0.847. The molecule has 0 aliphatic carbocycles. The number of halogens is 2. The van der Waals surface area contributed by atoms with E-state index in [1.807, 2.05) is 0 Å². The molecule has 1 aromatic carbocycles. The third kappa shape index (κ3) is 3.85. The standard InChI is InChI=1S/C14H18Cl2N2O2/c1-20-14-11(15)8-10(9-12(14)16)13(19)2-5-18-6-3-17-4-7-18/h8-9,17H,2-7H2,1H3. The van der Waals surface area contributed by atoms with E-state index in [1.165, 1.54) is 7.11 Å². The zero-order chi connectivity index (χ0) is 14.5. The number of ether oxygens (including phenoxy) is 1. The molecule has 1 aliphatic rings. The number of hydrogen-bond donors (Lipinski definition) is 1. The monoisotopic (exact) mass is 316 g/mol. The van der Waals surface area contributed by atoms with Gasteiger partial charge in [0.1, 0.15) is 0 Å². The van der Waals surface area contributed by atoms with E-state index in [1.54, 1.807) is 12.1 Å². The number of carbonyl (C=O) groups excluding carboxylic acids is 1. The Bertz CT molecular complexity index is 465. The summed E-state index contributed by atoms with van der Waals surface area (Å²) < 4.78 is 5.08. The molecule has 0 aromatic heterocycles. The largest absolute Gasteiger partial charge is 0.494 e. The van der Waals surface area contributed by atoms with Crippen LogP contribution in [-0.4, -0.2) is 50.5 Å². The lowest BCUT2D eigenvalue weighted by Gasteiger charge is -2.26. The van der Waals surface area contributed by atoms with Crippen LogP contribution in [0.3, 0.4) is 0 Å². The van der Waals surface area contributed by atoms with Gasteiger partial charge in [0.2, 0.25) is 0 Å². The molecule has 1 saturated heterocycles. The van der Waals surface area contributed by atoms with Gasteiger partial charge in [-0.15, -0.1) is 0 Å². The molecule has 110 valence electrons. The summed E-state index contributed by atoms with van der Waals surface area (Å²) in [6.45, 7) is 4.69. The van der Waals surface area contributed by atoms with Crippen molar-refractivity contribution in [1.82, 2.24) is 10.2 Å². The predicted octanol–water partition coefficient (Wildman–Crippen LogP) is 2.48. The van der Waals surface area contributed by atoms with Crippen LogP contribution in [-0.2, 0) is 0 Å². The number of Topliss-reactive ketones (excluding diaryl/α,β-unsaturated/α-hetero) is 1. The molecule has 20 heavy (non-hydrogen) atoms. The number of rotatable bonds is 5. The van der Waals surface area contributed by atoms with Crippen molar-refractivity contribution in [2.45, 2.75) is 6.42 Å². The van der Waals surface area contributed by atoms with Crippen molar-refractivity contribution in [1.29, 1.82) is 0 Å². The number of carbonyl (C=O) groups is 1. The minimum Gasteiger partial charge on any atom is -0.494 e. The molecule has 1 aliphatic heterocycles. The Morgan fingerprint density at radius 3 is 2.45 bits per heavy atom. The van der Waals surface area contributed by atoms with Gasteiger partial charge in [0, 0.05) is 44.7 Å². The van der Waals surface area contributed by atoms with Crippen LogP contribution in [0.4, 0.5) is 0 Å². The molecule has 0 spiro atoms. The van der Waals surface area contributed by atoms with Crippen LogP contribution in [0.25, 0.3) is 0 Å². The maximum atomic E-state index is 12.2. The second kappa shape index (κ2) is 7.27. The number of nitrogens with one attached hydrogen (secondary N) is 1. The van der Waals surface area contributed by atoms with E-state index >= 15 is 0 Å². The zero-order valence-electron chi connectivity index (χ0n) is 11.4. The Balaban J connectivity index is 1.98. The van der Waals surface area contributed by atoms with Crippen molar-refractivity contribution in [3.8, 4) is 5.75 Å². The SMILES string of the molecule is COc1c(Cl)cc(C(=O)CCN2CCNCC2)cc1Cl. The van der Waals surface area contributed by atoms with Gasteiger partial charge in [-0.05, 0) is 12.1 Å². The molecule has 0 atom stereocenters. The van der Waals surface area contributed by atoms with Crippen LogP contribution < -0.4 is 10.1 Å². The summed E-state index contributed by atoms with van der Waals surface area (Å²) in [6.07, 6.45) is 0.471. The number of nitrogens with zero attached hydrogens (tertiary/aromatic N) is 1. The van der Waals surface area contributed by atoms with Gasteiger partial charge in [-0.2, -0.15) is 0 Å². The average molecular weight is 317 g/mol. The lowest BCUT2D eigenvalue weighted by molar-refractivity contribution is 0.0960. The fourth-order valence-corrected chi connectivity index (χ4v) is 2.90. The minimum atomic E-state index is 0.0509. The van der Waals surface area contributed by atoms with Crippen LogP contribution >= 0.6 is 23.2 Å². The maximum absolute atomic E-state index is 12.2. The lowest BCUT2D eigenvalue weighted by Crippen LogP contribution is -2.44. The highest BCUT2D eigenvalue weighted by Gasteiger charge is 2.15. The third-order valence-electron chi connectivity index (χ3n) is 3.39. The average Bonchev–Trinajstić information content (AvgIpc) is 2.45. The Kier molecular flexibility index (Phi) is 5.66. The van der Waals surface area contributed by atoms with E-state index in [-0.39, 0.29) is 5.78 Å². The fraction of sp³-hybridized carbons (Fsp3) is 0.500. The van der Waals surface area contributed by atoms with Crippen molar-refractivity contribution >= 4 is 29.0 Å². The number of ketones is 1. The molecular weight excluding hydrogens is 299 g/mol. The van der Waals surface area contributed by atoms with E-state index in [4.69, 9.17) is 27.9 Å². The molecule has 1 aromatic rings. The van der Waals surface area contributed by atoms with E-state index in [2.05, 4.69) is 10.2 Å². The first-order valence-corrected chi connectivity index (χ1v) is 7.36. The van der Waals surface area contributed by atoms with Crippen LogP contribution in [0, 0.1) is 0 Å². The van der Waals surface area contributed by atoms with Gasteiger partial charge in [-0.25, -0.2) is 0 Å². The summed E-state index contributed by atoms with van der Waals surface area (Å²) >= 11 is 12.1. The highest BCUT2D eigenvalue weighted by Crippen LogP contribution is 2.34. The molecule has 0 radical (unpaired) electrons. The Morgan fingerprint density at radius 1 is 1.30 bits per heavy atom. The predicted molar refractivity (Wildman–Crippen MR) is 81.3 cm³/mol. The molecule has 0 saturated carbocycles. The van der Waals surface area contributed by atoms with Gasteiger partial charge in [-0.1, -0.05) is 23.2 Å². The Morgan fingerprint density at radius 2 is 1.90 bits per heavy atom. The van der Waals surface area contributed by atoms with Gasteiger partial charge >= 0.3 is 0 Å². The topological polar surface area (TPSA) is 41.6 Å². The molecule has 1 heterocycles. The van der Waals surface area contributed by atoms with Crippen LogP contribution in [0.1, 0.15) is 16.8 Å². The van der Waals surface area contributed by atoms with Crippen molar-refractivity contribution in [2.75, 3.05) is 39.8 Å². The number of hydrogen-bond acceptors (Lipinski definition) is 4. The summed E-state index contributed by atoms with van der Waals surface area (Å²) in [5, 5.41) is 4.02. The molecule has 0 bridgehead atoms. The van der Waals surface area contributed by atoms with Crippen LogP contribution in [0.2, 0.25) is 10.0 Å². The minimum absolute atomic E-state index is 0.0509. The van der Waals surface area contributed by atoms with Crippen LogP contribution in [0.5, 0.6) is 5.75 Å². The van der Waals surface area contributed by atoms with Gasteiger partial charge in [0.05, 0.1) is 17.2 Å². The molecule has 4 nitrogen and oxygen atoms in total. The van der Waals surface area contributed by atoms with E-state index in [0.29, 0.717) is 27.8 Å². The van der Waals surface area contributed by atoms with Gasteiger partial charge in [0.25, 0.3) is 0 Å². The maximum Gasteiger partial charge on any atom is 0.164 e. The summed E-state index contributed by atoms with van der Waals surface area (Å²) in [6, 6.07) is 3.23. The molecule has 0 amide bonds. The number of methoxy groups -OCH3 is 1. The summed E-state index contributed by atoms with van der Waals surface area (Å²) in [4.78, 5) is 14.5. The molecule has 1 N–H and O–H groups in total. The zero-order valence-corrected chi connectivity index (χ0v) is 12.9. The molecule has 0 unspecified atom stereocenters. The Labute approximate surface area is 129 Å². The van der Waals surface area contributed by atoms with Crippen molar-refractivity contribution < 1.29 is 9.53 Å². The van der Waals surface area contributed by atoms with Gasteiger partial charge in [-0.3, -0.25) is 4.79 Å². The van der Waals surface area contributed by atoms with Gasteiger partial charge in [0.15, 0.2) is 11.5 Å². The highest BCUT2D eigenvalue weighted by molar-refractivity contribution is 6.37. The first kappa shape index (κ1) is 15.6. The van der Waals surface area contributed by atoms with Gasteiger partial charge < -0.3 is 15.0 Å². The third-order valence-corrected chi connectivity index (χ3v) is 3.95. The second-order valence-corrected chi connectivity index (χ2v) is 5.55. The number of piperazine rings is 1. The Hall–Kier alpha value is -0.810. The van der Waals surface area contributed by atoms with E-state index < -0.39 is 0 Å². The second-order valence-electron chi connectivity index (χ2n) is 4.74. The smallest absolute Gasteiger partial charge is 0.164 e. The highest BCUT2D eigenvalue weighted by atomic mass is 35.5. The lowest BCUT2D eigenvalue weighted by atomic mass is 10.1. The van der Waals surface area contributed by atoms with Crippen molar-refractivity contribution in [3.05, 3.63) is 27.7 Å². The van der Waals surface area contributed by atoms with E-state index in [0.717, 1.165) is 32.7 Å². The van der Waals surface area contributed by atoms with Crippen molar-refractivity contribution in [3.63, 3.8) is 0 Å². The molecule has 6 heteroatoms. The summed E-state index contributed by atoms with van der Waals surface area (Å²) in [5.74, 6) is 0.460. The van der Waals surface area contributed by atoms with Crippen molar-refractivity contribution in [2.24, 2.45) is 0 Å². The first-order chi connectivity index (χ1) is 9.61. The summed E-state index contributed by atoms with van der Waals surface area (Å²) in [5.41, 5.74) is 0.538. The van der Waals surface area contributed by atoms with E-state index in [9.17, 15) is 4.79 Å². The molecular formula is C14H18Cl2N2O2. The molecule has 2 rings (SSSR count). The molecule has 1 fully saturated rings. The summed E-state index contributed by atoms with van der Waals surface area (Å²) in [7, 11) is 1.50. The fourth-order valence-electron chi connectivity index (χ4n) is 2.25.